The van der Waals surface area contributed by atoms with Crippen LogP contribution in [-0.4, -0.2) is 53.3 Å². The highest BCUT2D eigenvalue weighted by Gasteiger charge is 2.33. The number of hydrogen-bond donors (Lipinski definition) is 2. The molecule has 0 spiro atoms. The van der Waals surface area contributed by atoms with Gasteiger partial charge in [0.25, 0.3) is 5.91 Å². The minimum Gasteiger partial charge on any atom is -0.392 e. The molecular weight excluding hydrogens is 320 g/mol. The molecule has 0 saturated carbocycles. The van der Waals surface area contributed by atoms with Crippen molar-refractivity contribution in [3.05, 3.63) is 54.0 Å². The van der Waals surface area contributed by atoms with Crippen LogP contribution in [0.2, 0.25) is 0 Å². The van der Waals surface area contributed by atoms with Gasteiger partial charge in [0, 0.05) is 32.0 Å². The summed E-state index contributed by atoms with van der Waals surface area (Å²) >= 11 is 0. The lowest BCUT2D eigenvalue weighted by molar-refractivity contribution is 0.0946. The van der Waals surface area contributed by atoms with Crippen molar-refractivity contribution in [1.29, 1.82) is 0 Å². The zero-order valence-electron chi connectivity index (χ0n) is 14.1. The number of carbonyl (C=O) groups excluding carboxylic acids is 1. The Morgan fingerprint density at radius 2 is 2.32 bits per heavy atom. The molecule has 0 unspecified atom stereocenters. The summed E-state index contributed by atoms with van der Waals surface area (Å²) in [6, 6.07) is 8.95. The van der Waals surface area contributed by atoms with E-state index in [1.807, 2.05) is 6.07 Å². The molecule has 0 bridgehead atoms. The molecule has 2 atom stereocenters. The Balaban J connectivity index is 1.66. The van der Waals surface area contributed by atoms with Crippen LogP contribution in [0.4, 0.5) is 5.82 Å². The summed E-state index contributed by atoms with van der Waals surface area (Å²) in [6.45, 7) is 1.14. The molecule has 1 saturated heterocycles. The van der Waals surface area contributed by atoms with E-state index >= 15 is 0 Å². The van der Waals surface area contributed by atoms with Crippen LogP contribution >= 0.6 is 0 Å². The number of aliphatic hydroxyl groups excluding tert-OH is 1. The Hall–Kier alpha value is -2.51. The Bertz CT molecular complexity index is 710. The highest BCUT2D eigenvalue weighted by Crippen LogP contribution is 2.24. The van der Waals surface area contributed by atoms with E-state index in [0.717, 1.165) is 24.3 Å². The van der Waals surface area contributed by atoms with E-state index in [2.05, 4.69) is 20.2 Å². The summed E-state index contributed by atoms with van der Waals surface area (Å²) < 4.78 is 5.49. The first-order valence-corrected chi connectivity index (χ1v) is 8.24. The van der Waals surface area contributed by atoms with Crippen molar-refractivity contribution in [2.45, 2.75) is 25.2 Å². The van der Waals surface area contributed by atoms with E-state index < -0.39 is 0 Å². The molecule has 0 radical (unpaired) electrons. The number of carbonyl (C=O) groups is 1. The van der Waals surface area contributed by atoms with E-state index in [-0.39, 0.29) is 24.7 Å². The topological polar surface area (TPSA) is 87.6 Å². The van der Waals surface area contributed by atoms with Gasteiger partial charge in [-0.3, -0.25) is 4.79 Å². The van der Waals surface area contributed by atoms with Gasteiger partial charge in [-0.2, -0.15) is 0 Å². The van der Waals surface area contributed by atoms with Crippen LogP contribution in [0.3, 0.4) is 0 Å². The zero-order valence-corrected chi connectivity index (χ0v) is 14.1. The standard InChI is InChI=1S/C18H22N4O3/c1-25-16-8-15(22(10-16)17-5-6-19-12-21-17)9-20-18(24)14-4-2-3-13(7-14)11-23/h2-7,12,15-16,23H,8-11H2,1H3,(H,20,24)/t15-,16-/m1/s1. The molecule has 2 N–H and O–H groups in total. The van der Waals surface area contributed by atoms with Crippen molar-refractivity contribution in [3.8, 4) is 0 Å². The average Bonchev–Trinajstić information content (AvgIpc) is 3.10. The number of rotatable bonds is 6. The molecule has 1 aromatic heterocycles. The number of hydrogen-bond acceptors (Lipinski definition) is 6. The highest BCUT2D eigenvalue weighted by molar-refractivity contribution is 5.94. The van der Waals surface area contributed by atoms with Crippen molar-refractivity contribution < 1.29 is 14.6 Å². The SMILES string of the molecule is CO[C@@H]1C[C@H](CNC(=O)c2cccc(CO)c2)N(c2ccncn2)C1. The fourth-order valence-corrected chi connectivity index (χ4v) is 3.10. The molecule has 3 rings (SSSR count). The molecule has 7 nitrogen and oxygen atoms in total. The lowest BCUT2D eigenvalue weighted by Crippen LogP contribution is -2.40. The number of aliphatic hydroxyl groups is 1. The quantitative estimate of drug-likeness (QED) is 0.814. The van der Waals surface area contributed by atoms with Crippen LogP contribution in [0.1, 0.15) is 22.3 Å². The third-order valence-corrected chi connectivity index (χ3v) is 4.44. The van der Waals surface area contributed by atoms with Gasteiger partial charge in [-0.15, -0.1) is 0 Å². The van der Waals surface area contributed by atoms with Gasteiger partial charge in [0.15, 0.2) is 0 Å². The van der Waals surface area contributed by atoms with E-state index in [0.29, 0.717) is 12.1 Å². The Morgan fingerprint density at radius 3 is 3.04 bits per heavy atom. The number of ether oxygens (including phenoxy) is 1. The second kappa shape index (κ2) is 8.04. The first-order valence-electron chi connectivity index (χ1n) is 8.24. The Morgan fingerprint density at radius 1 is 1.44 bits per heavy atom. The third-order valence-electron chi connectivity index (χ3n) is 4.44. The van der Waals surface area contributed by atoms with Gasteiger partial charge in [0.1, 0.15) is 12.1 Å². The number of methoxy groups -OCH3 is 1. The van der Waals surface area contributed by atoms with Gasteiger partial charge >= 0.3 is 0 Å². The second-order valence-corrected chi connectivity index (χ2v) is 6.04. The van der Waals surface area contributed by atoms with Crippen LogP contribution in [0, 0.1) is 0 Å². The lowest BCUT2D eigenvalue weighted by Gasteiger charge is -2.25. The number of anilines is 1. The molecule has 1 amide bonds. The van der Waals surface area contributed by atoms with Gasteiger partial charge in [-0.25, -0.2) is 9.97 Å². The van der Waals surface area contributed by atoms with Gasteiger partial charge in [-0.05, 0) is 30.2 Å². The van der Waals surface area contributed by atoms with Gasteiger partial charge in [-0.1, -0.05) is 12.1 Å². The third kappa shape index (κ3) is 4.12. The van der Waals surface area contributed by atoms with Crippen molar-refractivity contribution in [2.75, 3.05) is 25.1 Å². The van der Waals surface area contributed by atoms with E-state index in [9.17, 15) is 9.90 Å². The number of nitrogens with zero attached hydrogens (tertiary/aromatic N) is 3. The van der Waals surface area contributed by atoms with Gasteiger partial charge < -0.3 is 20.1 Å². The average molecular weight is 342 g/mol. The number of benzene rings is 1. The Labute approximate surface area is 146 Å². The van der Waals surface area contributed by atoms with Gasteiger partial charge in [0.2, 0.25) is 0 Å². The van der Waals surface area contributed by atoms with Crippen LogP contribution < -0.4 is 10.2 Å². The molecule has 0 aliphatic carbocycles. The van der Waals surface area contributed by atoms with Crippen LogP contribution in [0.5, 0.6) is 0 Å². The first kappa shape index (κ1) is 17.3. The Kier molecular flexibility index (Phi) is 5.57. The highest BCUT2D eigenvalue weighted by atomic mass is 16.5. The number of nitrogens with one attached hydrogen (secondary N) is 1. The normalized spacial score (nSPS) is 19.8. The van der Waals surface area contributed by atoms with Gasteiger partial charge in [0.05, 0.1) is 18.8 Å². The van der Waals surface area contributed by atoms with Crippen molar-refractivity contribution in [3.63, 3.8) is 0 Å². The van der Waals surface area contributed by atoms with E-state index in [1.54, 1.807) is 37.6 Å². The number of aromatic nitrogens is 2. The maximum atomic E-state index is 12.4. The first-order chi connectivity index (χ1) is 12.2. The molecule has 25 heavy (non-hydrogen) atoms. The maximum absolute atomic E-state index is 12.4. The second-order valence-electron chi connectivity index (χ2n) is 6.04. The van der Waals surface area contributed by atoms with E-state index in [4.69, 9.17) is 4.74 Å². The number of amides is 1. The fraction of sp³-hybridized carbons (Fsp3) is 0.389. The van der Waals surface area contributed by atoms with Crippen molar-refractivity contribution in [2.24, 2.45) is 0 Å². The largest absolute Gasteiger partial charge is 0.392 e. The predicted octanol–water partition coefficient (Wildman–Crippen LogP) is 0.993. The molecule has 2 heterocycles. The molecule has 1 aliphatic heterocycles. The molecular formula is C18H22N4O3. The van der Waals surface area contributed by atoms with Crippen LogP contribution in [-0.2, 0) is 11.3 Å². The summed E-state index contributed by atoms with van der Waals surface area (Å²) in [5.74, 6) is 0.676. The molecule has 7 heteroatoms. The summed E-state index contributed by atoms with van der Waals surface area (Å²) in [6.07, 6.45) is 4.15. The smallest absolute Gasteiger partial charge is 0.251 e. The summed E-state index contributed by atoms with van der Waals surface area (Å²) in [5, 5.41) is 12.2. The maximum Gasteiger partial charge on any atom is 0.251 e. The van der Waals surface area contributed by atoms with Crippen molar-refractivity contribution >= 4 is 11.7 Å². The molecule has 1 aliphatic rings. The fourth-order valence-electron chi connectivity index (χ4n) is 3.10. The predicted molar refractivity (Wildman–Crippen MR) is 93.3 cm³/mol. The summed E-state index contributed by atoms with van der Waals surface area (Å²) in [7, 11) is 1.70. The summed E-state index contributed by atoms with van der Waals surface area (Å²) in [5.41, 5.74) is 1.26. The van der Waals surface area contributed by atoms with Crippen LogP contribution in [0.15, 0.2) is 42.9 Å². The monoisotopic (exact) mass is 342 g/mol. The summed E-state index contributed by atoms with van der Waals surface area (Å²) in [4.78, 5) is 22.8. The molecule has 1 aromatic carbocycles. The van der Waals surface area contributed by atoms with E-state index in [1.165, 1.54) is 6.33 Å². The minimum atomic E-state index is -0.154. The molecule has 132 valence electrons. The van der Waals surface area contributed by atoms with Crippen molar-refractivity contribution in [1.82, 2.24) is 15.3 Å². The lowest BCUT2D eigenvalue weighted by atomic mass is 10.1. The minimum absolute atomic E-state index is 0.0826. The molecule has 1 fully saturated rings. The zero-order chi connectivity index (χ0) is 17.6. The molecule has 2 aromatic rings. The van der Waals surface area contributed by atoms with Crippen LogP contribution in [0.25, 0.3) is 0 Å².